The van der Waals surface area contributed by atoms with Gasteiger partial charge in [-0.05, 0) is 0 Å². The van der Waals surface area contributed by atoms with Crippen LogP contribution in [0.4, 0.5) is 0 Å². The van der Waals surface area contributed by atoms with Crippen LogP contribution in [0.25, 0.3) is 0 Å². The van der Waals surface area contributed by atoms with Gasteiger partial charge in [0, 0.05) is 5.54 Å². The number of rotatable bonds is 0. The standard InChI is InChI=1S/C2HCl3.ClH/c3-1-2(4)5;/h1H;1H. The molecule has 0 fully saturated rings. The summed E-state index contributed by atoms with van der Waals surface area (Å²) in [4.78, 5) is 0. The second-order valence-corrected chi connectivity index (χ2v) is 1.62. The van der Waals surface area contributed by atoms with E-state index in [9.17, 15) is 0 Å². The first-order valence-corrected chi connectivity index (χ1v) is 2.08. The highest BCUT2D eigenvalue weighted by molar-refractivity contribution is 6.58. The van der Waals surface area contributed by atoms with Crippen LogP contribution in [-0.4, -0.2) is 0 Å². The van der Waals surface area contributed by atoms with Gasteiger partial charge in [-0.15, -0.1) is 12.4 Å². The maximum absolute atomic E-state index is 4.96. The molecule has 0 saturated carbocycles. The van der Waals surface area contributed by atoms with Gasteiger partial charge in [-0.3, -0.25) is 0 Å². The largest absolute Gasteiger partial charge is 0.147 e. The van der Waals surface area contributed by atoms with Crippen LogP contribution in [0.15, 0.2) is 10.0 Å². The smallest absolute Gasteiger partial charge is 0.118 e. The fraction of sp³-hybridized carbons (Fsp3) is 0. The fourth-order valence-corrected chi connectivity index (χ4v) is 0. The Bertz CT molecular complexity index is 43.5. The van der Waals surface area contributed by atoms with E-state index in [-0.39, 0.29) is 16.9 Å². The molecule has 0 aromatic carbocycles. The number of hydrogen-bond donors (Lipinski definition) is 0. The van der Waals surface area contributed by atoms with E-state index in [1.54, 1.807) is 0 Å². The Hall–Kier alpha value is 0.900. The van der Waals surface area contributed by atoms with Crippen LogP contribution in [0.5, 0.6) is 0 Å². The molecule has 0 aliphatic rings. The van der Waals surface area contributed by atoms with Crippen molar-refractivity contribution in [1.29, 1.82) is 0 Å². The van der Waals surface area contributed by atoms with Gasteiger partial charge in [-0.25, -0.2) is 0 Å². The lowest BCUT2D eigenvalue weighted by Gasteiger charge is -1.64. The second kappa shape index (κ2) is 5.90. The summed E-state index contributed by atoms with van der Waals surface area (Å²) in [6.45, 7) is 0. The first-order chi connectivity index (χ1) is 2.27. The van der Waals surface area contributed by atoms with Crippen molar-refractivity contribution in [2.45, 2.75) is 0 Å². The molecule has 0 amide bonds. The average Bonchev–Trinajstić information content (AvgIpc) is 1.38. The van der Waals surface area contributed by atoms with E-state index in [1.807, 2.05) is 0 Å². The highest BCUT2D eigenvalue weighted by Crippen LogP contribution is 2.05. The Balaban J connectivity index is 0. The summed E-state index contributed by atoms with van der Waals surface area (Å²) >= 11 is 14.8. The molecule has 0 radical (unpaired) electrons. The molecule has 0 aromatic rings. The molecule has 0 nitrogen and oxygen atoms in total. The van der Waals surface area contributed by atoms with Crippen molar-refractivity contribution in [3.63, 3.8) is 0 Å². The van der Waals surface area contributed by atoms with Crippen molar-refractivity contribution in [2.75, 3.05) is 0 Å². The third-order valence-corrected chi connectivity index (χ3v) is 0.742. The Morgan fingerprint density at radius 3 is 1.50 bits per heavy atom. The van der Waals surface area contributed by atoms with Gasteiger partial charge in [-0.1, -0.05) is 34.8 Å². The summed E-state index contributed by atoms with van der Waals surface area (Å²) < 4.78 is 0.0895. The van der Waals surface area contributed by atoms with Crippen LogP contribution in [0.1, 0.15) is 0 Å². The molecule has 0 aromatic heterocycles. The van der Waals surface area contributed by atoms with Crippen LogP contribution < -0.4 is 0 Å². The minimum absolute atomic E-state index is 0. The molecule has 0 atom stereocenters. The van der Waals surface area contributed by atoms with Crippen LogP contribution >= 0.6 is 47.2 Å². The normalized spacial score (nSPS) is 5.83. The predicted octanol–water partition coefficient (Wildman–Crippen LogP) is 2.92. The highest BCUT2D eigenvalue weighted by atomic mass is 35.5. The van der Waals surface area contributed by atoms with E-state index >= 15 is 0 Å². The zero-order valence-corrected chi connectivity index (χ0v) is 5.70. The molecule has 4 heteroatoms. The first kappa shape index (κ1) is 10.0. The highest BCUT2D eigenvalue weighted by Gasteiger charge is 1.70. The Morgan fingerprint density at radius 2 is 1.50 bits per heavy atom. The SMILES string of the molecule is Cl.ClC=C(Cl)Cl. The summed E-state index contributed by atoms with van der Waals surface area (Å²) in [5, 5.41) is 0. The summed E-state index contributed by atoms with van der Waals surface area (Å²) in [5.74, 6) is 0. The van der Waals surface area contributed by atoms with Crippen molar-refractivity contribution in [2.24, 2.45) is 0 Å². The van der Waals surface area contributed by atoms with E-state index in [2.05, 4.69) is 0 Å². The molecule has 38 valence electrons. The Morgan fingerprint density at radius 1 is 1.33 bits per heavy atom. The quantitative estimate of drug-likeness (QED) is 0.521. The van der Waals surface area contributed by atoms with E-state index in [0.717, 1.165) is 5.54 Å². The van der Waals surface area contributed by atoms with Crippen LogP contribution in [0, 0.1) is 0 Å². The Kier molecular flexibility index (Phi) is 9.84. The van der Waals surface area contributed by atoms with Gasteiger partial charge in [-0.2, -0.15) is 0 Å². The molecule has 0 saturated heterocycles. The van der Waals surface area contributed by atoms with Gasteiger partial charge in [0.1, 0.15) is 4.49 Å². The summed E-state index contributed by atoms with van der Waals surface area (Å²) in [6, 6.07) is 0. The fourth-order valence-electron chi connectivity index (χ4n) is 0. The maximum Gasteiger partial charge on any atom is 0.118 e. The lowest BCUT2D eigenvalue weighted by atomic mass is 11.2. The molecule has 0 N–H and O–H groups in total. The Labute approximate surface area is 57.5 Å². The number of hydrogen-bond acceptors (Lipinski definition) is 0. The van der Waals surface area contributed by atoms with Crippen molar-refractivity contribution < 1.29 is 0 Å². The maximum atomic E-state index is 4.96. The molecular weight excluding hydrogens is 166 g/mol. The molecule has 0 unspecified atom stereocenters. The van der Waals surface area contributed by atoms with Crippen molar-refractivity contribution in [3.05, 3.63) is 10.0 Å². The zero-order valence-electron chi connectivity index (χ0n) is 2.62. The molecular formula is C2H2Cl4. The molecule has 0 bridgehead atoms. The predicted molar refractivity (Wildman–Crippen MR) is 32.9 cm³/mol. The molecule has 0 aliphatic heterocycles. The third-order valence-electron chi connectivity index (χ3n) is 0.0825. The van der Waals surface area contributed by atoms with Gasteiger partial charge in [0.05, 0.1) is 0 Å². The second-order valence-electron chi connectivity index (χ2n) is 0.399. The number of halogens is 4. The van der Waals surface area contributed by atoms with Crippen LogP contribution in [0.3, 0.4) is 0 Å². The van der Waals surface area contributed by atoms with E-state index in [4.69, 9.17) is 34.8 Å². The lowest BCUT2D eigenvalue weighted by molar-refractivity contribution is 2.36. The van der Waals surface area contributed by atoms with Crippen molar-refractivity contribution >= 4 is 47.2 Å². The van der Waals surface area contributed by atoms with Gasteiger partial charge in [0.25, 0.3) is 0 Å². The lowest BCUT2D eigenvalue weighted by Crippen LogP contribution is -1.33. The van der Waals surface area contributed by atoms with Crippen LogP contribution in [-0.2, 0) is 0 Å². The van der Waals surface area contributed by atoms with Crippen molar-refractivity contribution in [3.8, 4) is 0 Å². The minimum Gasteiger partial charge on any atom is -0.147 e. The molecule has 0 heterocycles. The summed E-state index contributed by atoms with van der Waals surface area (Å²) in [6.07, 6.45) is 0. The summed E-state index contributed by atoms with van der Waals surface area (Å²) in [5.41, 5.74) is 1.09. The monoisotopic (exact) mass is 166 g/mol. The minimum atomic E-state index is 0. The van der Waals surface area contributed by atoms with Crippen molar-refractivity contribution in [1.82, 2.24) is 0 Å². The van der Waals surface area contributed by atoms with Gasteiger partial charge in [0.15, 0.2) is 0 Å². The van der Waals surface area contributed by atoms with Gasteiger partial charge in [0.2, 0.25) is 0 Å². The first-order valence-electron chi connectivity index (χ1n) is 0.885. The summed E-state index contributed by atoms with van der Waals surface area (Å²) in [7, 11) is 0. The average molecular weight is 168 g/mol. The molecule has 0 spiro atoms. The zero-order chi connectivity index (χ0) is 4.28. The van der Waals surface area contributed by atoms with E-state index < -0.39 is 0 Å². The topological polar surface area (TPSA) is 0 Å². The van der Waals surface area contributed by atoms with E-state index in [1.165, 1.54) is 0 Å². The van der Waals surface area contributed by atoms with Crippen LogP contribution in [0.2, 0.25) is 0 Å². The van der Waals surface area contributed by atoms with Gasteiger partial charge < -0.3 is 0 Å². The van der Waals surface area contributed by atoms with Gasteiger partial charge >= 0.3 is 0 Å². The molecule has 6 heavy (non-hydrogen) atoms. The molecule has 0 aliphatic carbocycles. The van der Waals surface area contributed by atoms with E-state index in [0.29, 0.717) is 0 Å². The third kappa shape index (κ3) is 8.86. The molecule has 0 rings (SSSR count).